The monoisotopic (exact) mass is 146 g/mol. The summed E-state index contributed by atoms with van der Waals surface area (Å²) in [7, 11) is 0. The molecule has 0 aromatic carbocycles. The molecule has 1 aliphatic heterocycles. The number of ether oxygens (including phenoxy) is 2. The molecule has 1 fully saturated rings. The summed E-state index contributed by atoms with van der Waals surface area (Å²) in [5, 5.41) is 8.94. The summed E-state index contributed by atoms with van der Waals surface area (Å²) in [4.78, 5) is 10.4. The Kier molecular flexibility index (Phi) is 2.24. The van der Waals surface area contributed by atoms with Crippen molar-refractivity contribution in [2.24, 2.45) is 0 Å². The molecule has 0 spiro atoms. The van der Waals surface area contributed by atoms with Crippen LogP contribution < -0.4 is 0 Å². The highest BCUT2D eigenvalue weighted by Gasteiger charge is 2.28. The molecule has 0 aliphatic carbocycles. The van der Waals surface area contributed by atoms with E-state index < -0.39 is 12.4 Å². The largest absolute Gasteiger partial charge is 0.457 e. The highest BCUT2D eigenvalue weighted by atomic mass is 16.7. The third-order valence-electron chi connectivity index (χ3n) is 1.33. The van der Waals surface area contributed by atoms with Crippen LogP contribution in [0.2, 0.25) is 0 Å². The molecule has 58 valence electrons. The topological polar surface area (TPSA) is 55.8 Å². The van der Waals surface area contributed by atoms with E-state index >= 15 is 0 Å². The Labute approximate surface area is 58.7 Å². The lowest BCUT2D eigenvalue weighted by atomic mass is 10.3. The van der Waals surface area contributed by atoms with Gasteiger partial charge in [0.25, 0.3) is 0 Å². The molecule has 0 aromatic heterocycles. The molecule has 4 nitrogen and oxygen atoms in total. The van der Waals surface area contributed by atoms with Crippen LogP contribution in [0.5, 0.6) is 0 Å². The van der Waals surface area contributed by atoms with Crippen molar-refractivity contribution in [1.29, 1.82) is 0 Å². The van der Waals surface area contributed by atoms with Gasteiger partial charge in [-0.1, -0.05) is 0 Å². The van der Waals surface area contributed by atoms with Crippen LogP contribution in [0.1, 0.15) is 13.3 Å². The van der Waals surface area contributed by atoms with E-state index in [-0.39, 0.29) is 5.97 Å². The molecule has 1 heterocycles. The van der Waals surface area contributed by atoms with Gasteiger partial charge in [-0.05, 0) is 0 Å². The minimum atomic E-state index is -0.927. The molecule has 1 aliphatic rings. The van der Waals surface area contributed by atoms with Crippen LogP contribution in [0.15, 0.2) is 0 Å². The first-order valence-electron chi connectivity index (χ1n) is 3.17. The number of aliphatic hydroxyl groups excluding tert-OH is 1. The molecule has 0 aromatic rings. The van der Waals surface area contributed by atoms with Gasteiger partial charge in [0.2, 0.25) is 0 Å². The number of aliphatic hydroxyl groups is 1. The van der Waals surface area contributed by atoms with Gasteiger partial charge in [-0.25, -0.2) is 0 Å². The highest BCUT2D eigenvalue weighted by Crippen LogP contribution is 2.14. The molecule has 1 rings (SSSR count). The minimum absolute atomic E-state index is 0.380. The molecular formula is C6H10O4. The van der Waals surface area contributed by atoms with Crippen LogP contribution in [0.3, 0.4) is 0 Å². The number of esters is 1. The minimum Gasteiger partial charge on any atom is -0.457 e. The van der Waals surface area contributed by atoms with Crippen molar-refractivity contribution in [2.75, 3.05) is 6.61 Å². The number of carbonyl (C=O) groups excluding carboxylic acids is 1. The fraction of sp³-hybridized carbons (Fsp3) is 0.833. The number of hydrogen-bond acceptors (Lipinski definition) is 4. The van der Waals surface area contributed by atoms with Crippen LogP contribution in [0.4, 0.5) is 0 Å². The fourth-order valence-electron chi connectivity index (χ4n) is 0.885. The van der Waals surface area contributed by atoms with Crippen LogP contribution in [-0.4, -0.2) is 30.1 Å². The standard InChI is InChI=1S/C6H10O4/c1-4(7)10-5-2-3-9-6(5)8/h5-6,8H,2-3H2,1H3. The van der Waals surface area contributed by atoms with Gasteiger partial charge in [-0.2, -0.15) is 0 Å². The molecule has 10 heavy (non-hydrogen) atoms. The van der Waals surface area contributed by atoms with Gasteiger partial charge in [-0.3, -0.25) is 4.79 Å². The zero-order valence-electron chi connectivity index (χ0n) is 5.74. The smallest absolute Gasteiger partial charge is 0.303 e. The van der Waals surface area contributed by atoms with Crippen molar-refractivity contribution < 1.29 is 19.4 Å². The van der Waals surface area contributed by atoms with E-state index in [9.17, 15) is 4.79 Å². The average molecular weight is 146 g/mol. The molecule has 1 saturated heterocycles. The maximum atomic E-state index is 10.4. The zero-order chi connectivity index (χ0) is 7.56. The van der Waals surface area contributed by atoms with Crippen molar-refractivity contribution >= 4 is 5.97 Å². The Morgan fingerprint density at radius 2 is 2.50 bits per heavy atom. The predicted octanol–water partition coefficient (Wildman–Crippen LogP) is -0.343. The summed E-state index contributed by atoms with van der Waals surface area (Å²) in [6.07, 6.45) is -0.804. The molecule has 0 amide bonds. The summed E-state index contributed by atoms with van der Waals surface area (Å²) in [5.41, 5.74) is 0. The van der Waals surface area contributed by atoms with E-state index in [4.69, 9.17) is 14.6 Å². The number of hydrogen-bond donors (Lipinski definition) is 1. The highest BCUT2D eigenvalue weighted by molar-refractivity contribution is 5.66. The maximum absolute atomic E-state index is 10.4. The Morgan fingerprint density at radius 3 is 2.90 bits per heavy atom. The van der Waals surface area contributed by atoms with Gasteiger partial charge in [0.05, 0.1) is 6.61 Å². The van der Waals surface area contributed by atoms with Gasteiger partial charge in [0.15, 0.2) is 12.4 Å². The first-order chi connectivity index (χ1) is 4.70. The first kappa shape index (κ1) is 7.50. The van der Waals surface area contributed by atoms with Gasteiger partial charge < -0.3 is 14.6 Å². The zero-order valence-corrected chi connectivity index (χ0v) is 5.74. The predicted molar refractivity (Wildman–Crippen MR) is 32.1 cm³/mol. The first-order valence-corrected chi connectivity index (χ1v) is 3.17. The Morgan fingerprint density at radius 1 is 1.80 bits per heavy atom. The van der Waals surface area contributed by atoms with E-state index in [2.05, 4.69) is 0 Å². The summed E-state index contributed by atoms with van der Waals surface area (Å²) in [5.74, 6) is -0.380. The summed E-state index contributed by atoms with van der Waals surface area (Å²) < 4.78 is 9.45. The van der Waals surface area contributed by atoms with Crippen LogP contribution >= 0.6 is 0 Å². The van der Waals surface area contributed by atoms with Crippen LogP contribution in [0, 0.1) is 0 Å². The van der Waals surface area contributed by atoms with Gasteiger partial charge in [-0.15, -0.1) is 0 Å². The number of rotatable bonds is 1. The third kappa shape index (κ3) is 1.68. The Balaban J connectivity index is 2.33. The lowest BCUT2D eigenvalue weighted by Crippen LogP contribution is -2.25. The molecular weight excluding hydrogens is 136 g/mol. The van der Waals surface area contributed by atoms with E-state index in [0.717, 1.165) is 0 Å². The van der Waals surface area contributed by atoms with Crippen molar-refractivity contribution in [3.63, 3.8) is 0 Å². The van der Waals surface area contributed by atoms with E-state index in [1.165, 1.54) is 6.92 Å². The van der Waals surface area contributed by atoms with Crippen LogP contribution in [0.25, 0.3) is 0 Å². The van der Waals surface area contributed by atoms with E-state index in [1.54, 1.807) is 0 Å². The second kappa shape index (κ2) is 2.98. The van der Waals surface area contributed by atoms with Gasteiger partial charge in [0, 0.05) is 13.3 Å². The Bertz CT molecular complexity index is 134. The molecule has 2 atom stereocenters. The third-order valence-corrected chi connectivity index (χ3v) is 1.33. The molecule has 1 N–H and O–H groups in total. The van der Waals surface area contributed by atoms with E-state index in [0.29, 0.717) is 13.0 Å². The van der Waals surface area contributed by atoms with Gasteiger partial charge >= 0.3 is 5.97 Å². The lowest BCUT2D eigenvalue weighted by molar-refractivity contribution is -0.164. The van der Waals surface area contributed by atoms with Crippen molar-refractivity contribution in [3.8, 4) is 0 Å². The summed E-state index contributed by atoms with van der Waals surface area (Å²) in [6, 6.07) is 0. The van der Waals surface area contributed by atoms with Crippen LogP contribution in [-0.2, 0) is 14.3 Å². The second-order valence-electron chi connectivity index (χ2n) is 2.20. The lowest BCUT2D eigenvalue weighted by Gasteiger charge is -2.11. The van der Waals surface area contributed by atoms with Gasteiger partial charge in [0.1, 0.15) is 0 Å². The fourth-order valence-corrected chi connectivity index (χ4v) is 0.885. The molecule has 4 heteroatoms. The maximum Gasteiger partial charge on any atom is 0.303 e. The van der Waals surface area contributed by atoms with Crippen molar-refractivity contribution in [1.82, 2.24) is 0 Å². The quantitative estimate of drug-likeness (QED) is 0.514. The van der Waals surface area contributed by atoms with Crippen molar-refractivity contribution in [3.05, 3.63) is 0 Å². The molecule has 0 saturated carbocycles. The summed E-state index contributed by atoms with van der Waals surface area (Å²) in [6.45, 7) is 1.77. The number of carbonyl (C=O) groups is 1. The van der Waals surface area contributed by atoms with E-state index in [1.807, 2.05) is 0 Å². The molecule has 2 unspecified atom stereocenters. The SMILES string of the molecule is CC(=O)OC1CCOC1O. The summed E-state index contributed by atoms with van der Waals surface area (Å²) >= 11 is 0. The normalized spacial score (nSPS) is 32.2. The average Bonchev–Trinajstić information content (AvgIpc) is 2.15. The Hall–Kier alpha value is -0.610. The molecule has 0 radical (unpaired) electrons. The van der Waals surface area contributed by atoms with Crippen molar-refractivity contribution in [2.45, 2.75) is 25.7 Å². The second-order valence-corrected chi connectivity index (χ2v) is 2.20. The molecule has 0 bridgehead atoms.